The van der Waals surface area contributed by atoms with Crippen LogP contribution in [0, 0.1) is 11.3 Å². The number of hydrogen-bond donors (Lipinski definition) is 1. The van der Waals surface area contributed by atoms with Gasteiger partial charge in [-0.2, -0.15) is 5.26 Å². The summed E-state index contributed by atoms with van der Waals surface area (Å²) in [5.74, 6) is -2.88. The van der Waals surface area contributed by atoms with E-state index < -0.39 is 11.3 Å². The predicted octanol–water partition coefficient (Wildman–Crippen LogP) is 3.53. The molecule has 0 bridgehead atoms. The van der Waals surface area contributed by atoms with Crippen molar-refractivity contribution in [1.82, 2.24) is 0 Å². The molecule has 2 nitrogen and oxygen atoms in total. The van der Waals surface area contributed by atoms with Gasteiger partial charge in [-0.3, -0.25) is 0 Å². The highest BCUT2D eigenvalue weighted by atomic mass is 32.1. The molecule has 0 amide bonds. The summed E-state index contributed by atoms with van der Waals surface area (Å²) in [4.78, 5) is -0.0693. The summed E-state index contributed by atoms with van der Waals surface area (Å²) < 4.78 is 27.6. The number of anilines is 1. The Balaban J connectivity index is 2.79. The number of thiophene rings is 1. The third-order valence-electron chi connectivity index (χ3n) is 3.36. The van der Waals surface area contributed by atoms with Crippen LogP contribution in [-0.4, -0.2) is 0 Å². The molecule has 1 aliphatic rings. The zero-order chi connectivity index (χ0) is 12.8. The van der Waals surface area contributed by atoms with Crippen molar-refractivity contribution >= 4 is 16.3 Å². The van der Waals surface area contributed by atoms with Crippen molar-refractivity contribution in [2.24, 2.45) is 0 Å². The van der Waals surface area contributed by atoms with E-state index in [9.17, 15) is 8.78 Å². The van der Waals surface area contributed by atoms with Crippen LogP contribution in [0.3, 0.4) is 0 Å². The molecule has 1 heterocycles. The topological polar surface area (TPSA) is 49.8 Å². The summed E-state index contributed by atoms with van der Waals surface area (Å²) >= 11 is 0.823. The van der Waals surface area contributed by atoms with Gasteiger partial charge in [0, 0.05) is 17.4 Å². The number of fused-ring (bicyclic) bond motifs is 1. The summed E-state index contributed by atoms with van der Waals surface area (Å²) in [5.41, 5.74) is 5.63. The third kappa shape index (κ3) is 1.55. The van der Waals surface area contributed by atoms with Crippen molar-refractivity contribution in [2.75, 3.05) is 5.73 Å². The first-order valence-corrected chi connectivity index (χ1v) is 6.02. The van der Waals surface area contributed by atoms with E-state index in [1.807, 2.05) is 13.0 Å². The van der Waals surface area contributed by atoms with Crippen LogP contribution in [0.1, 0.15) is 35.8 Å². The van der Waals surface area contributed by atoms with Gasteiger partial charge in [-0.15, -0.1) is 17.9 Å². The highest BCUT2D eigenvalue weighted by Gasteiger charge is 2.48. The second-order valence-corrected chi connectivity index (χ2v) is 5.54. The Morgan fingerprint density at radius 2 is 2.18 bits per heavy atom. The Morgan fingerprint density at radius 3 is 2.71 bits per heavy atom. The van der Waals surface area contributed by atoms with Crippen molar-refractivity contribution < 1.29 is 8.78 Å². The van der Waals surface area contributed by atoms with Crippen molar-refractivity contribution in [2.45, 2.75) is 31.1 Å². The largest absolute Gasteiger partial charge is 0.389 e. The minimum Gasteiger partial charge on any atom is -0.389 e. The van der Waals surface area contributed by atoms with E-state index in [1.54, 1.807) is 6.08 Å². The van der Waals surface area contributed by atoms with Gasteiger partial charge in [0.05, 0.1) is 10.4 Å². The van der Waals surface area contributed by atoms with Crippen LogP contribution in [0.4, 0.5) is 13.8 Å². The molecule has 0 aliphatic heterocycles. The van der Waals surface area contributed by atoms with Crippen LogP contribution >= 0.6 is 11.3 Å². The highest BCUT2D eigenvalue weighted by Crippen LogP contribution is 2.54. The first-order chi connectivity index (χ1) is 7.85. The number of nitrogens with zero attached hydrogens (tertiary/aromatic N) is 1. The maximum Gasteiger partial charge on any atom is 0.282 e. The molecule has 17 heavy (non-hydrogen) atoms. The molecule has 0 fully saturated rings. The van der Waals surface area contributed by atoms with Gasteiger partial charge >= 0.3 is 0 Å². The zero-order valence-corrected chi connectivity index (χ0v) is 10.2. The van der Waals surface area contributed by atoms with Crippen LogP contribution in [0.15, 0.2) is 12.7 Å². The highest BCUT2D eigenvalue weighted by molar-refractivity contribution is 7.16. The van der Waals surface area contributed by atoms with Crippen LogP contribution < -0.4 is 5.73 Å². The van der Waals surface area contributed by atoms with E-state index >= 15 is 0 Å². The fourth-order valence-electron chi connectivity index (χ4n) is 2.22. The molecule has 0 saturated carbocycles. The maximum atomic E-state index is 13.8. The van der Waals surface area contributed by atoms with Crippen LogP contribution in [0.25, 0.3) is 0 Å². The number of hydrogen-bond acceptors (Lipinski definition) is 3. The molecule has 1 aliphatic carbocycles. The Bertz CT molecular complexity index is 527. The van der Waals surface area contributed by atoms with E-state index in [0.717, 1.165) is 11.3 Å². The van der Waals surface area contributed by atoms with Gasteiger partial charge in [-0.1, -0.05) is 13.0 Å². The molecule has 90 valence electrons. The molecule has 0 radical (unpaired) electrons. The van der Waals surface area contributed by atoms with Gasteiger partial charge in [0.15, 0.2) is 0 Å². The lowest BCUT2D eigenvalue weighted by Gasteiger charge is -2.35. The van der Waals surface area contributed by atoms with E-state index in [0.29, 0.717) is 5.56 Å². The molecule has 0 spiro atoms. The van der Waals surface area contributed by atoms with Crippen LogP contribution in [-0.2, 0) is 11.3 Å². The molecule has 2 rings (SSSR count). The number of nitrogen functional groups attached to an aromatic ring is 1. The fourth-order valence-corrected chi connectivity index (χ4v) is 3.38. The molecular weight excluding hydrogens is 242 g/mol. The lowest BCUT2D eigenvalue weighted by molar-refractivity contribution is -0.0246. The lowest BCUT2D eigenvalue weighted by atomic mass is 9.71. The van der Waals surface area contributed by atoms with Crippen LogP contribution in [0.2, 0.25) is 0 Å². The standard InChI is InChI=1S/C12H12F2N2S/c1-3-11(2)4-5-12(13,14)9-8(11)7(6-15)10(16)17-9/h3H,1,4-5,16H2,2H3. The van der Waals surface area contributed by atoms with Gasteiger partial charge in [0.1, 0.15) is 11.1 Å². The SMILES string of the molecule is C=CC1(C)CCC(F)(F)c2sc(N)c(C#N)c21. The smallest absolute Gasteiger partial charge is 0.282 e. The second kappa shape index (κ2) is 3.54. The summed E-state index contributed by atoms with van der Waals surface area (Å²) in [6, 6.07) is 1.93. The fraction of sp³-hybridized carbons (Fsp3) is 0.417. The number of nitrogens with two attached hydrogens (primary N) is 1. The normalized spacial score (nSPS) is 26.0. The minimum atomic E-state index is -2.88. The maximum absolute atomic E-state index is 13.8. The van der Waals surface area contributed by atoms with Crippen molar-refractivity contribution in [3.8, 4) is 6.07 Å². The van der Waals surface area contributed by atoms with Gasteiger partial charge < -0.3 is 5.73 Å². The molecular formula is C12H12F2N2S. The number of alkyl halides is 2. The number of rotatable bonds is 1. The summed E-state index contributed by atoms with van der Waals surface area (Å²) in [6.07, 6.45) is 1.68. The monoisotopic (exact) mass is 254 g/mol. The average Bonchev–Trinajstić information content (AvgIpc) is 2.63. The summed E-state index contributed by atoms with van der Waals surface area (Å²) in [7, 11) is 0. The molecule has 1 aromatic heterocycles. The molecule has 0 saturated heterocycles. The molecule has 5 heteroatoms. The van der Waals surface area contributed by atoms with Gasteiger partial charge in [-0.05, 0) is 6.42 Å². The minimum absolute atomic E-state index is 0.0693. The molecule has 2 N–H and O–H groups in total. The number of nitriles is 1. The first-order valence-electron chi connectivity index (χ1n) is 5.20. The lowest BCUT2D eigenvalue weighted by Crippen LogP contribution is -2.32. The number of halogens is 2. The number of allylic oxidation sites excluding steroid dienone is 1. The van der Waals surface area contributed by atoms with Crippen molar-refractivity contribution in [3.05, 3.63) is 28.7 Å². The Labute approximate surface area is 102 Å². The Kier molecular flexibility index (Phi) is 2.51. The van der Waals surface area contributed by atoms with E-state index in [4.69, 9.17) is 11.0 Å². The Morgan fingerprint density at radius 1 is 1.53 bits per heavy atom. The molecule has 1 unspecified atom stereocenters. The Hall–Kier alpha value is -1.41. The van der Waals surface area contributed by atoms with E-state index in [-0.39, 0.29) is 28.3 Å². The average molecular weight is 254 g/mol. The third-order valence-corrected chi connectivity index (χ3v) is 4.49. The van der Waals surface area contributed by atoms with Crippen LogP contribution in [0.5, 0.6) is 0 Å². The van der Waals surface area contributed by atoms with Gasteiger partial charge in [0.25, 0.3) is 5.92 Å². The summed E-state index contributed by atoms with van der Waals surface area (Å²) in [6.45, 7) is 5.52. The second-order valence-electron chi connectivity index (χ2n) is 4.48. The van der Waals surface area contributed by atoms with E-state index in [2.05, 4.69) is 6.58 Å². The van der Waals surface area contributed by atoms with Gasteiger partial charge in [-0.25, -0.2) is 8.78 Å². The quantitative estimate of drug-likeness (QED) is 0.779. The molecule has 1 aromatic rings. The summed E-state index contributed by atoms with van der Waals surface area (Å²) in [5, 5.41) is 9.23. The zero-order valence-electron chi connectivity index (χ0n) is 9.39. The molecule has 0 aromatic carbocycles. The predicted molar refractivity (Wildman–Crippen MR) is 64.1 cm³/mol. The van der Waals surface area contributed by atoms with Crippen molar-refractivity contribution in [3.63, 3.8) is 0 Å². The van der Waals surface area contributed by atoms with E-state index in [1.165, 1.54) is 0 Å². The van der Waals surface area contributed by atoms with Crippen molar-refractivity contribution in [1.29, 1.82) is 5.26 Å². The first kappa shape index (κ1) is 12.1. The molecule has 1 atom stereocenters. The van der Waals surface area contributed by atoms with Gasteiger partial charge in [0.2, 0.25) is 0 Å².